The molecule has 2 rings (SSSR count). The zero-order valence-electron chi connectivity index (χ0n) is 11.0. The maximum Gasteiger partial charge on any atom is 0.329 e. The van der Waals surface area contributed by atoms with Crippen molar-refractivity contribution in [1.82, 2.24) is 20.1 Å². The average molecular weight is 279 g/mol. The van der Waals surface area contributed by atoms with Crippen molar-refractivity contribution < 1.29 is 9.45 Å². The summed E-state index contributed by atoms with van der Waals surface area (Å²) in [6.07, 6.45) is 1.15. The van der Waals surface area contributed by atoms with E-state index in [1.165, 1.54) is 0 Å². The molecule has 0 saturated carbocycles. The summed E-state index contributed by atoms with van der Waals surface area (Å²) in [6.45, 7) is 4.31. The van der Waals surface area contributed by atoms with Crippen molar-refractivity contribution in [3.8, 4) is 0 Å². The highest BCUT2D eigenvalue weighted by Gasteiger charge is 2.17. The van der Waals surface area contributed by atoms with Gasteiger partial charge in [-0.25, -0.2) is 4.98 Å². The van der Waals surface area contributed by atoms with Crippen molar-refractivity contribution in [3.05, 3.63) is 28.0 Å². The smallest absolute Gasteiger partial charge is 0.329 e. The molecule has 2 N–H and O–H groups in total. The molecule has 20 heavy (non-hydrogen) atoms. The van der Waals surface area contributed by atoms with Crippen LogP contribution in [0.25, 0.3) is 0 Å². The number of hydrogen-bond acceptors (Lipinski definition) is 9. The summed E-state index contributed by atoms with van der Waals surface area (Å²) in [5, 5.41) is 20.3. The lowest BCUT2D eigenvalue weighted by molar-refractivity contribution is -0.384. The van der Waals surface area contributed by atoms with E-state index in [0.29, 0.717) is 24.2 Å². The van der Waals surface area contributed by atoms with Crippen molar-refractivity contribution >= 4 is 17.5 Å². The molecule has 0 aliphatic heterocycles. The number of rotatable bonds is 6. The highest BCUT2D eigenvalue weighted by atomic mass is 16.6. The molecule has 106 valence electrons. The van der Waals surface area contributed by atoms with E-state index in [1.807, 2.05) is 6.92 Å². The maximum atomic E-state index is 10.9. The Labute approximate surface area is 113 Å². The number of hydrogen-bond donors (Lipinski definition) is 2. The first-order valence-corrected chi connectivity index (χ1v) is 5.88. The molecular formula is C10H13N7O3. The molecule has 0 fully saturated rings. The van der Waals surface area contributed by atoms with Crippen LogP contribution in [-0.2, 0) is 6.54 Å². The predicted molar refractivity (Wildman–Crippen MR) is 69.2 cm³/mol. The van der Waals surface area contributed by atoms with Crippen LogP contribution >= 0.6 is 0 Å². The van der Waals surface area contributed by atoms with Gasteiger partial charge in [0.25, 0.3) is 0 Å². The fraction of sp³-hybridized carbons (Fsp3) is 0.400. The molecular weight excluding hydrogens is 266 g/mol. The van der Waals surface area contributed by atoms with Gasteiger partial charge in [-0.1, -0.05) is 5.16 Å². The van der Waals surface area contributed by atoms with E-state index >= 15 is 0 Å². The van der Waals surface area contributed by atoms with Crippen molar-refractivity contribution in [2.24, 2.45) is 0 Å². The van der Waals surface area contributed by atoms with E-state index in [1.54, 1.807) is 6.92 Å². The standard InChI is InChI=1S/C10H13N7O3/c1-3-11-10-13-4-7(17(18)19)9(15-10)12-5-8-14-6(2)20-16-8/h4H,3,5H2,1-2H3,(H2,11,12,13,15). The second-order valence-electron chi connectivity index (χ2n) is 3.80. The van der Waals surface area contributed by atoms with E-state index in [2.05, 4.69) is 30.7 Å². The third-order valence-corrected chi connectivity index (χ3v) is 2.28. The molecule has 0 spiro atoms. The molecule has 0 amide bonds. The molecule has 10 nitrogen and oxygen atoms in total. The van der Waals surface area contributed by atoms with Gasteiger partial charge in [-0.3, -0.25) is 10.1 Å². The van der Waals surface area contributed by atoms with Crippen LogP contribution in [0.5, 0.6) is 0 Å². The summed E-state index contributed by atoms with van der Waals surface area (Å²) in [5.74, 6) is 1.22. The van der Waals surface area contributed by atoms with Gasteiger partial charge in [0.15, 0.2) is 5.82 Å². The van der Waals surface area contributed by atoms with Gasteiger partial charge in [-0.2, -0.15) is 9.97 Å². The molecule has 10 heteroatoms. The monoisotopic (exact) mass is 279 g/mol. The third-order valence-electron chi connectivity index (χ3n) is 2.28. The zero-order valence-corrected chi connectivity index (χ0v) is 11.0. The van der Waals surface area contributed by atoms with Gasteiger partial charge in [-0.15, -0.1) is 0 Å². The lowest BCUT2D eigenvalue weighted by Gasteiger charge is -2.06. The molecule has 0 bridgehead atoms. The normalized spacial score (nSPS) is 10.3. The van der Waals surface area contributed by atoms with Crippen molar-refractivity contribution in [2.75, 3.05) is 17.2 Å². The van der Waals surface area contributed by atoms with Crippen LogP contribution in [0.1, 0.15) is 18.6 Å². The van der Waals surface area contributed by atoms with Crippen LogP contribution in [0.3, 0.4) is 0 Å². The summed E-state index contributed by atoms with van der Waals surface area (Å²) in [5.41, 5.74) is -0.216. The van der Waals surface area contributed by atoms with E-state index in [0.717, 1.165) is 6.20 Å². The van der Waals surface area contributed by atoms with Crippen molar-refractivity contribution in [3.63, 3.8) is 0 Å². The Hall–Kier alpha value is -2.78. The molecule has 2 aromatic rings. The van der Waals surface area contributed by atoms with Crippen molar-refractivity contribution in [2.45, 2.75) is 20.4 Å². The minimum absolute atomic E-state index is 0.100. The first-order valence-electron chi connectivity index (χ1n) is 5.88. The maximum absolute atomic E-state index is 10.9. The van der Waals surface area contributed by atoms with Gasteiger partial charge in [0.05, 0.1) is 11.5 Å². The summed E-state index contributed by atoms with van der Waals surface area (Å²) in [7, 11) is 0. The molecule has 0 saturated heterocycles. The molecule has 0 aliphatic rings. The van der Waals surface area contributed by atoms with Gasteiger partial charge in [0, 0.05) is 13.5 Å². The van der Waals surface area contributed by atoms with E-state index in [-0.39, 0.29) is 18.1 Å². The van der Waals surface area contributed by atoms with E-state index in [9.17, 15) is 10.1 Å². The van der Waals surface area contributed by atoms with Crippen LogP contribution in [0.4, 0.5) is 17.5 Å². The highest BCUT2D eigenvalue weighted by Crippen LogP contribution is 2.22. The van der Waals surface area contributed by atoms with Crippen molar-refractivity contribution in [1.29, 1.82) is 0 Å². The zero-order chi connectivity index (χ0) is 14.5. The van der Waals surface area contributed by atoms with Crippen LogP contribution in [0, 0.1) is 17.0 Å². The Kier molecular flexibility index (Phi) is 4.03. The summed E-state index contributed by atoms with van der Waals surface area (Å²) >= 11 is 0. The Balaban J connectivity index is 2.18. The van der Waals surface area contributed by atoms with Gasteiger partial charge in [-0.05, 0) is 6.92 Å². The van der Waals surface area contributed by atoms with E-state index in [4.69, 9.17) is 4.52 Å². The number of nitrogens with one attached hydrogen (secondary N) is 2. The molecule has 2 heterocycles. The molecule has 0 aliphatic carbocycles. The quantitative estimate of drug-likeness (QED) is 0.589. The molecule has 0 atom stereocenters. The third kappa shape index (κ3) is 3.16. The lowest BCUT2D eigenvalue weighted by Crippen LogP contribution is -2.09. The molecule has 0 radical (unpaired) electrons. The topological polar surface area (TPSA) is 132 Å². The number of anilines is 2. The first kappa shape index (κ1) is 13.6. The summed E-state index contributed by atoms with van der Waals surface area (Å²) in [6, 6.07) is 0. The lowest BCUT2D eigenvalue weighted by atomic mass is 10.4. The Bertz CT molecular complexity index is 613. The fourth-order valence-electron chi connectivity index (χ4n) is 1.46. The molecule has 2 aromatic heterocycles. The second kappa shape index (κ2) is 5.91. The Morgan fingerprint density at radius 1 is 1.40 bits per heavy atom. The predicted octanol–water partition coefficient (Wildman–Crippen LogP) is 1.12. The first-order chi connectivity index (χ1) is 9.60. The van der Waals surface area contributed by atoms with Gasteiger partial charge < -0.3 is 15.2 Å². The SMILES string of the molecule is CCNc1ncc([N+](=O)[O-])c(NCc2noc(C)n2)n1. The summed E-state index contributed by atoms with van der Waals surface area (Å²) in [4.78, 5) is 22.3. The van der Waals surface area contributed by atoms with Crippen LogP contribution in [0.2, 0.25) is 0 Å². The van der Waals surface area contributed by atoms with Gasteiger partial charge in [0.1, 0.15) is 6.20 Å². The second-order valence-corrected chi connectivity index (χ2v) is 3.80. The summed E-state index contributed by atoms with van der Waals surface area (Å²) < 4.78 is 4.81. The minimum atomic E-state index is -0.556. The van der Waals surface area contributed by atoms with Gasteiger partial charge >= 0.3 is 5.69 Å². The number of nitro groups is 1. The fourth-order valence-corrected chi connectivity index (χ4v) is 1.46. The Morgan fingerprint density at radius 2 is 2.20 bits per heavy atom. The highest BCUT2D eigenvalue weighted by molar-refractivity contribution is 5.56. The Morgan fingerprint density at radius 3 is 2.80 bits per heavy atom. The van der Waals surface area contributed by atoms with Crippen LogP contribution < -0.4 is 10.6 Å². The minimum Gasteiger partial charge on any atom is -0.357 e. The molecule has 0 unspecified atom stereocenters. The number of aromatic nitrogens is 4. The largest absolute Gasteiger partial charge is 0.357 e. The van der Waals surface area contributed by atoms with Crippen LogP contribution in [-0.4, -0.2) is 31.6 Å². The van der Waals surface area contributed by atoms with Gasteiger partial charge in [0.2, 0.25) is 17.7 Å². The number of aryl methyl sites for hydroxylation is 1. The number of nitrogens with zero attached hydrogens (tertiary/aromatic N) is 5. The average Bonchev–Trinajstić information content (AvgIpc) is 2.82. The van der Waals surface area contributed by atoms with E-state index < -0.39 is 4.92 Å². The molecule has 0 aromatic carbocycles. The van der Waals surface area contributed by atoms with Crippen LogP contribution in [0.15, 0.2) is 10.7 Å².